The Morgan fingerprint density at radius 3 is 2.41 bits per heavy atom. The highest BCUT2D eigenvalue weighted by Crippen LogP contribution is 2.27. The Morgan fingerprint density at radius 1 is 1.11 bits per heavy atom. The van der Waals surface area contributed by atoms with Crippen molar-refractivity contribution in [1.29, 1.82) is 0 Å². The fraction of sp³-hybridized carbons (Fsp3) is 0.800. The Hall–Kier alpha value is -0.410. The first kappa shape index (κ1) is 24.6. The van der Waals surface area contributed by atoms with Crippen molar-refractivity contribution in [2.75, 3.05) is 26.7 Å². The third-order valence-corrected chi connectivity index (χ3v) is 6.18. The number of nitrogens with one attached hydrogen (secondary N) is 2. The van der Waals surface area contributed by atoms with E-state index in [0.29, 0.717) is 12.1 Å². The van der Waals surface area contributed by atoms with E-state index >= 15 is 0 Å². The number of guanidine groups is 1. The number of halogens is 1. The molecule has 0 aromatic carbocycles. The summed E-state index contributed by atoms with van der Waals surface area (Å²) in [7, 11) is 1.84. The third-order valence-electron chi connectivity index (χ3n) is 4.96. The fourth-order valence-electron chi connectivity index (χ4n) is 3.60. The molecular weight excluding hydrogens is 469 g/mol. The molecule has 5 nitrogen and oxygen atoms in total. The molecule has 0 spiro atoms. The maximum atomic E-state index is 4.83. The lowest BCUT2D eigenvalue weighted by atomic mass is 10.0. The monoisotopic (exact) mass is 507 g/mol. The zero-order valence-corrected chi connectivity index (χ0v) is 20.8. The molecule has 1 aromatic rings. The van der Waals surface area contributed by atoms with Crippen molar-refractivity contribution >= 4 is 41.3 Å². The standard InChI is InChI=1S/C20H37N5S.HI/c1-15(2)25(16(3)4)14-13-23-20(21-5)22-12-8-11-19-24-17-9-6-7-10-18(17)26-19;/h15-16H,6-14H2,1-5H3,(H2,21,22,23);1H. The minimum Gasteiger partial charge on any atom is -0.356 e. The minimum absolute atomic E-state index is 0. The van der Waals surface area contributed by atoms with E-state index in [4.69, 9.17) is 4.98 Å². The van der Waals surface area contributed by atoms with Crippen LogP contribution in [0.3, 0.4) is 0 Å². The normalized spacial score (nSPS) is 14.4. The van der Waals surface area contributed by atoms with Gasteiger partial charge in [-0.1, -0.05) is 0 Å². The Labute approximate surface area is 186 Å². The van der Waals surface area contributed by atoms with Gasteiger partial charge in [0.25, 0.3) is 0 Å². The zero-order chi connectivity index (χ0) is 18.9. The molecule has 2 N–H and O–H groups in total. The highest BCUT2D eigenvalue weighted by molar-refractivity contribution is 14.0. The summed E-state index contributed by atoms with van der Waals surface area (Å²) in [6.45, 7) is 11.9. The van der Waals surface area contributed by atoms with Crippen LogP contribution >= 0.6 is 35.3 Å². The molecule has 0 amide bonds. The van der Waals surface area contributed by atoms with Crippen LogP contribution in [-0.2, 0) is 19.3 Å². The molecule has 1 heterocycles. The van der Waals surface area contributed by atoms with E-state index in [2.05, 4.69) is 48.2 Å². The number of aromatic nitrogens is 1. The number of thiazole rings is 1. The van der Waals surface area contributed by atoms with Gasteiger partial charge in [-0.25, -0.2) is 4.98 Å². The summed E-state index contributed by atoms with van der Waals surface area (Å²) in [5.41, 5.74) is 1.38. The molecule has 0 bridgehead atoms. The van der Waals surface area contributed by atoms with E-state index < -0.39 is 0 Å². The summed E-state index contributed by atoms with van der Waals surface area (Å²) >= 11 is 1.93. The molecule has 0 radical (unpaired) electrons. The summed E-state index contributed by atoms with van der Waals surface area (Å²) in [4.78, 5) is 13.2. The molecule has 0 saturated carbocycles. The van der Waals surface area contributed by atoms with Gasteiger partial charge in [-0.2, -0.15) is 0 Å². The Morgan fingerprint density at radius 2 is 1.78 bits per heavy atom. The van der Waals surface area contributed by atoms with Gasteiger partial charge in [-0.15, -0.1) is 35.3 Å². The lowest BCUT2D eigenvalue weighted by molar-refractivity contribution is 0.178. The third kappa shape index (κ3) is 8.23. The summed E-state index contributed by atoms with van der Waals surface area (Å²) < 4.78 is 0. The number of aliphatic imine (C=N–C) groups is 1. The minimum atomic E-state index is 0. The van der Waals surface area contributed by atoms with Crippen LogP contribution < -0.4 is 10.6 Å². The van der Waals surface area contributed by atoms with Gasteiger partial charge in [-0.05, 0) is 59.8 Å². The van der Waals surface area contributed by atoms with Gasteiger partial charge >= 0.3 is 0 Å². The number of rotatable bonds is 9. The number of hydrogen-bond donors (Lipinski definition) is 2. The van der Waals surface area contributed by atoms with Crippen molar-refractivity contribution in [3.63, 3.8) is 0 Å². The summed E-state index contributed by atoms with van der Waals surface area (Å²) in [5.74, 6) is 0.899. The molecular formula is C20H38IN5S. The number of fused-ring (bicyclic) bond motifs is 1. The topological polar surface area (TPSA) is 52.6 Å². The number of aryl methyl sites for hydroxylation is 3. The van der Waals surface area contributed by atoms with Crippen LogP contribution in [0.5, 0.6) is 0 Å². The molecule has 0 aliphatic heterocycles. The van der Waals surface area contributed by atoms with Crippen molar-refractivity contribution in [3.8, 4) is 0 Å². The van der Waals surface area contributed by atoms with Crippen LogP contribution in [0.25, 0.3) is 0 Å². The van der Waals surface area contributed by atoms with Crippen LogP contribution in [0.4, 0.5) is 0 Å². The molecule has 1 aliphatic rings. The molecule has 0 fully saturated rings. The lowest BCUT2D eigenvalue weighted by Crippen LogP contribution is -2.45. The van der Waals surface area contributed by atoms with Gasteiger partial charge in [0.05, 0.1) is 10.7 Å². The lowest BCUT2D eigenvalue weighted by Gasteiger charge is -2.30. The predicted octanol–water partition coefficient (Wildman–Crippen LogP) is 3.86. The van der Waals surface area contributed by atoms with Crippen LogP contribution in [-0.4, -0.2) is 54.6 Å². The number of nitrogens with zero attached hydrogens (tertiary/aromatic N) is 3. The Kier molecular flexibility index (Phi) is 11.8. The SMILES string of the molecule is CN=C(NCCCc1nc2c(s1)CCCC2)NCCN(C(C)C)C(C)C.I. The molecule has 2 rings (SSSR count). The zero-order valence-electron chi connectivity index (χ0n) is 17.7. The first-order valence-corrected chi connectivity index (χ1v) is 11.0. The van der Waals surface area contributed by atoms with Gasteiger partial charge in [0.15, 0.2) is 5.96 Å². The molecule has 1 aromatic heterocycles. The van der Waals surface area contributed by atoms with Crippen LogP contribution in [0.2, 0.25) is 0 Å². The second kappa shape index (κ2) is 12.9. The maximum absolute atomic E-state index is 4.83. The first-order valence-electron chi connectivity index (χ1n) is 10.2. The first-order chi connectivity index (χ1) is 12.5. The maximum Gasteiger partial charge on any atom is 0.191 e. The van der Waals surface area contributed by atoms with Crippen LogP contribution in [0, 0.1) is 0 Å². The smallest absolute Gasteiger partial charge is 0.191 e. The van der Waals surface area contributed by atoms with Crippen molar-refractivity contribution in [1.82, 2.24) is 20.5 Å². The fourth-order valence-corrected chi connectivity index (χ4v) is 4.79. The van der Waals surface area contributed by atoms with E-state index in [1.54, 1.807) is 0 Å². The van der Waals surface area contributed by atoms with Crippen LogP contribution in [0.1, 0.15) is 62.5 Å². The van der Waals surface area contributed by atoms with E-state index in [1.807, 2.05) is 18.4 Å². The molecule has 0 unspecified atom stereocenters. The Balaban J connectivity index is 0.00000364. The van der Waals surface area contributed by atoms with Gasteiger partial charge < -0.3 is 10.6 Å². The largest absolute Gasteiger partial charge is 0.356 e. The van der Waals surface area contributed by atoms with E-state index in [0.717, 1.165) is 38.4 Å². The second-order valence-electron chi connectivity index (χ2n) is 7.64. The molecule has 7 heteroatoms. The molecule has 1 aliphatic carbocycles. The van der Waals surface area contributed by atoms with Gasteiger partial charge in [0, 0.05) is 50.1 Å². The van der Waals surface area contributed by atoms with Crippen molar-refractivity contribution in [2.24, 2.45) is 4.99 Å². The van der Waals surface area contributed by atoms with E-state index in [-0.39, 0.29) is 24.0 Å². The Bertz CT molecular complexity index is 539. The number of hydrogen-bond acceptors (Lipinski definition) is 4. The molecule has 156 valence electrons. The average Bonchev–Trinajstić information content (AvgIpc) is 3.02. The van der Waals surface area contributed by atoms with Gasteiger partial charge in [0.2, 0.25) is 0 Å². The average molecular weight is 508 g/mol. The highest BCUT2D eigenvalue weighted by Gasteiger charge is 2.15. The van der Waals surface area contributed by atoms with Gasteiger partial charge in [0.1, 0.15) is 0 Å². The van der Waals surface area contributed by atoms with Crippen molar-refractivity contribution in [2.45, 2.75) is 78.3 Å². The van der Waals surface area contributed by atoms with E-state index in [1.165, 1.54) is 41.3 Å². The predicted molar refractivity (Wildman–Crippen MR) is 129 cm³/mol. The quantitative estimate of drug-likeness (QED) is 0.231. The van der Waals surface area contributed by atoms with E-state index in [9.17, 15) is 0 Å². The summed E-state index contributed by atoms with van der Waals surface area (Å²) in [5, 5.41) is 8.17. The molecule has 0 atom stereocenters. The molecule has 0 saturated heterocycles. The van der Waals surface area contributed by atoms with Crippen molar-refractivity contribution in [3.05, 3.63) is 15.6 Å². The molecule has 27 heavy (non-hydrogen) atoms. The summed E-state index contributed by atoms with van der Waals surface area (Å²) in [6.07, 6.45) is 7.23. The van der Waals surface area contributed by atoms with Gasteiger partial charge in [-0.3, -0.25) is 9.89 Å². The highest BCUT2D eigenvalue weighted by atomic mass is 127. The second-order valence-corrected chi connectivity index (χ2v) is 8.81. The van der Waals surface area contributed by atoms with Crippen molar-refractivity contribution < 1.29 is 0 Å². The summed E-state index contributed by atoms with van der Waals surface area (Å²) in [6, 6.07) is 1.13. The van der Waals surface area contributed by atoms with Crippen LogP contribution in [0.15, 0.2) is 4.99 Å².